The Morgan fingerprint density at radius 1 is 0.500 bits per heavy atom. The predicted molar refractivity (Wildman–Crippen MR) is 362 cm³/mol. The molecule has 2 saturated heterocycles. The molecule has 15 nitrogen and oxygen atoms in total. The molecular formula is C69H62Cl4N12O3S2. The number of piperazine rings is 2. The summed E-state index contributed by atoms with van der Waals surface area (Å²) in [5, 5.41) is 19.3. The molecule has 0 aliphatic carbocycles. The fourth-order valence-electron chi connectivity index (χ4n) is 11.0. The van der Waals surface area contributed by atoms with Crippen LogP contribution in [0.3, 0.4) is 0 Å². The van der Waals surface area contributed by atoms with Gasteiger partial charge in [-0.15, -0.1) is 22.7 Å². The Morgan fingerprint density at radius 3 is 1.33 bits per heavy atom. The molecule has 6 heterocycles. The molecule has 0 saturated carbocycles. The van der Waals surface area contributed by atoms with Crippen LogP contribution in [0.5, 0.6) is 5.75 Å². The van der Waals surface area contributed by atoms with Crippen molar-refractivity contribution in [1.29, 1.82) is 10.5 Å². The normalized spacial score (nSPS) is 13.1. The number of carbonyl (C=O) groups is 2. The van der Waals surface area contributed by atoms with Crippen molar-refractivity contribution >= 4 is 104 Å². The zero-order valence-corrected chi connectivity index (χ0v) is 53.9. The fourth-order valence-corrected chi connectivity index (χ4v) is 13.3. The van der Waals surface area contributed by atoms with E-state index >= 15 is 0 Å². The number of amides is 2. The summed E-state index contributed by atoms with van der Waals surface area (Å²) in [6.07, 6.45) is 7.51. The Bertz CT molecular complexity index is 4140. The minimum Gasteiger partial charge on any atom is -0.497 e. The van der Waals surface area contributed by atoms with Crippen LogP contribution in [0.15, 0.2) is 189 Å². The third-order valence-corrected chi connectivity index (χ3v) is 19.1. The number of thiophene rings is 2. The smallest absolute Gasteiger partial charge is 0.264 e. The van der Waals surface area contributed by atoms with Crippen LogP contribution in [-0.2, 0) is 39.3 Å². The van der Waals surface area contributed by atoms with E-state index in [9.17, 15) is 9.59 Å². The molecule has 0 atom stereocenters. The zero-order valence-electron chi connectivity index (χ0n) is 49.2. The summed E-state index contributed by atoms with van der Waals surface area (Å²) in [5.41, 5.74) is 12.2. The number of anilines is 4. The molecule has 456 valence electrons. The van der Waals surface area contributed by atoms with Crippen LogP contribution < -0.4 is 24.3 Å². The summed E-state index contributed by atoms with van der Waals surface area (Å²) in [5.74, 6) is 0.917. The molecule has 0 unspecified atom stereocenters. The molecule has 2 amide bonds. The van der Waals surface area contributed by atoms with Crippen LogP contribution >= 0.6 is 69.1 Å². The lowest BCUT2D eigenvalue weighted by atomic mass is 10.1. The summed E-state index contributed by atoms with van der Waals surface area (Å²) in [7, 11) is 1.69. The number of methoxy groups -OCH3 is 1. The maximum Gasteiger partial charge on any atom is 0.264 e. The van der Waals surface area contributed by atoms with Gasteiger partial charge < -0.3 is 43.3 Å². The number of hydrogen-bond donors (Lipinski definition) is 0. The average molecular weight is 1310 g/mol. The number of rotatable bonds is 19. The number of halogens is 4. The fraction of sp³-hybridized carbons (Fsp3) is 0.217. The third-order valence-electron chi connectivity index (χ3n) is 15.9. The maximum atomic E-state index is 12.9. The van der Waals surface area contributed by atoms with E-state index in [4.69, 9.17) is 61.7 Å². The molecule has 2 fully saturated rings. The van der Waals surface area contributed by atoms with Gasteiger partial charge in [0.05, 0.1) is 96.0 Å². The van der Waals surface area contributed by atoms with E-state index < -0.39 is 0 Å². The van der Waals surface area contributed by atoms with Crippen molar-refractivity contribution in [3.63, 3.8) is 0 Å². The van der Waals surface area contributed by atoms with Gasteiger partial charge in [0.2, 0.25) is 0 Å². The first kappa shape index (κ1) is 62.8. The lowest BCUT2D eigenvalue weighted by Gasteiger charge is -2.36. The number of hydrogen-bond acceptors (Lipinski definition) is 13. The Morgan fingerprint density at radius 2 is 0.933 bits per heavy atom. The highest BCUT2D eigenvalue weighted by Gasteiger charge is 2.26. The minimum absolute atomic E-state index is 0.0401. The highest BCUT2D eigenvalue weighted by Crippen LogP contribution is 2.32. The van der Waals surface area contributed by atoms with Gasteiger partial charge in [0.1, 0.15) is 5.75 Å². The van der Waals surface area contributed by atoms with E-state index in [-0.39, 0.29) is 11.8 Å². The molecule has 90 heavy (non-hydrogen) atoms. The molecule has 21 heteroatoms. The van der Waals surface area contributed by atoms with Crippen LogP contribution in [-0.4, -0.2) is 100 Å². The second kappa shape index (κ2) is 29.7. The molecule has 12 rings (SSSR count). The molecule has 10 aromatic rings. The Labute approximate surface area is 551 Å². The number of aromatic nitrogens is 4. The first-order chi connectivity index (χ1) is 43.8. The molecule has 0 N–H and O–H groups in total. The van der Waals surface area contributed by atoms with Gasteiger partial charge in [-0.05, 0) is 144 Å². The Hall–Kier alpha value is -8.78. The third kappa shape index (κ3) is 16.0. The Balaban J connectivity index is 0.000000185. The first-order valence-electron chi connectivity index (χ1n) is 29.2. The van der Waals surface area contributed by atoms with Crippen LogP contribution in [0.2, 0.25) is 18.7 Å². The van der Waals surface area contributed by atoms with Gasteiger partial charge in [0.15, 0.2) is 0 Å². The van der Waals surface area contributed by atoms with Crippen molar-refractivity contribution in [3.8, 4) is 17.9 Å². The number of nitriles is 2. The lowest BCUT2D eigenvalue weighted by Crippen LogP contribution is -2.48. The van der Waals surface area contributed by atoms with Crippen molar-refractivity contribution in [2.75, 3.05) is 79.1 Å². The van der Waals surface area contributed by atoms with E-state index in [1.54, 1.807) is 31.4 Å². The zero-order chi connectivity index (χ0) is 62.5. The van der Waals surface area contributed by atoms with Crippen molar-refractivity contribution in [2.24, 2.45) is 0 Å². The molecule has 0 bridgehead atoms. The molecule has 0 spiro atoms. The summed E-state index contributed by atoms with van der Waals surface area (Å²) < 4.78 is 11.0. The molecular weight excluding hydrogens is 1250 g/mol. The van der Waals surface area contributed by atoms with E-state index in [0.717, 1.165) is 88.3 Å². The number of ether oxygens (including phenoxy) is 1. The summed E-state index contributed by atoms with van der Waals surface area (Å²) >= 11 is 27.3. The highest BCUT2D eigenvalue weighted by atomic mass is 35.5. The standard InChI is InChI=1S/C35H33ClN6O2S.C34H29Cl3N6OS/c1-44-32-4-2-3-28(19-32)23-41(24-31-21-38-25-42(31)22-27-7-5-26(20-37)6-8-27)30-11-9-29(10-12-30)39-15-17-40(18-16-39)35(43)33-13-14-34(36)45-33;35-30-10-5-26(17-31(30)36)21-42(22-29-19-39-23-43(29)20-25-3-1-24(18-38)2-4-25)28-8-6-27(7-9-28)40-13-15-41(16-14-40)34(44)32-11-12-33(37)45-32/h2-14,19,21,25H,15-18,22-24H2,1H3;1-12,17,19,23H,13-16,20-22H2. The van der Waals surface area contributed by atoms with Gasteiger partial charge >= 0.3 is 0 Å². The van der Waals surface area contributed by atoms with E-state index in [1.807, 2.05) is 114 Å². The second-order valence-electron chi connectivity index (χ2n) is 21.8. The summed E-state index contributed by atoms with van der Waals surface area (Å²) in [4.78, 5) is 49.1. The quantitative estimate of drug-likeness (QED) is 0.0762. The lowest BCUT2D eigenvalue weighted by molar-refractivity contribution is 0.0744. The number of benzene rings is 6. The van der Waals surface area contributed by atoms with E-state index in [0.29, 0.717) is 105 Å². The van der Waals surface area contributed by atoms with Gasteiger partial charge in [-0.3, -0.25) is 9.59 Å². The maximum absolute atomic E-state index is 12.9. The van der Waals surface area contributed by atoms with Gasteiger partial charge in [0.25, 0.3) is 11.8 Å². The van der Waals surface area contributed by atoms with Crippen molar-refractivity contribution in [1.82, 2.24) is 28.9 Å². The van der Waals surface area contributed by atoms with Gasteiger partial charge in [-0.25, -0.2) is 9.97 Å². The van der Waals surface area contributed by atoms with E-state index in [2.05, 4.69) is 112 Å². The minimum atomic E-state index is 0.0401. The van der Waals surface area contributed by atoms with Crippen LogP contribution in [0.25, 0.3) is 0 Å². The molecule has 2 aliphatic heterocycles. The SMILES string of the molecule is COc1cccc(CN(Cc2cncn2Cc2ccc(C#N)cc2)c2ccc(N3CCN(C(=O)c4ccc(Cl)s4)CC3)cc2)c1.N#Cc1ccc(Cn2cncc2CN(Cc2ccc(Cl)c(Cl)c2)c2ccc(N3CCN(C(=O)c4ccc(Cl)s4)CC3)cc2)cc1. The number of imidazole rings is 2. The molecule has 4 aromatic heterocycles. The Kier molecular flexibility index (Phi) is 20.7. The number of nitrogens with zero attached hydrogens (tertiary/aromatic N) is 12. The first-order valence-corrected chi connectivity index (χ1v) is 32.3. The van der Waals surface area contributed by atoms with Crippen LogP contribution in [0, 0.1) is 22.7 Å². The van der Waals surface area contributed by atoms with Crippen LogP contribution in [0.1, 0.15) is 64.1 Å². The van der Waals surface area contributed by atoms with Gasteiger partial charge in [-0.2, -0.15) is 10.5 Å². The average Bonchev–Trinajstić information content (AvgIpc) is 3.48. The van der Waals surface area contributed by atoms with Gasteiger partial charge in [-0.1, -0.05) is 88.9 Å². The van der Waals surface area contributed by atoms with Crippen LogP contribution in [0.4, 0.5) is 22.7 Å². The number of carbonyl (C=O) groups excluding carboxylic acids is 2. The highest BCUT2D eigenvalue weighted by molar-refractivity contribution is 7.18. The van der Waals surface area contributed by atoms with Crippen molar-refractivity contribution in [3.05, 3.63) is 262 Å². The van der Waals surface area contributed by atoms with Crippen molar-refractivity contribution < 1.29 is 14.3 Å². The van der Waals surface area contributed by atoms with E-state index in [1.165, 1.54) is 22.7 Å². The topological polar surface area (TPSA) is 146 Å². The molecule has 2 aliphatic rings. The molecule has 6 aromatic carbocycles. The summed E-state index contributed by atoms with van der Waals surface area (Å²) in [6, 6.07) is 57.9. The second-order valence-corrected chi connectivity index (χ2v) is 26.0. The molecule has 0 radical (unpaired) electrons. The summed E-state index contributed by atoms with van der Waals surface area (Å²) in [6.45, 7) is 9.58. The monoisotopic (exact) mass is 1310 g/mol. The van der Waals surface area contributed by atoms with Crippen molar-refractivity contribution in [2.45, 2.75) is 39.3 Å². The van der Waals surface area contributed by atoms with Gasteiger partial charge in [0, 0.05) is 114 Å². The predicted octanol–water partition coefficient (Wildman–Crippen LogP) is 14.7. The largest absolute Gasteiger partial charge is 0.497 e.